The van der Waals surface area contributed by atoms with E-state index in [2.05, 4.69) is 15.5 Å². The first-order valence-electron chi connectivity index (χ1n) is 9.72. The first kappa shape index (κ1) is 17.5. The van der Waals surface area contributed by atoms with Crippen LogP contribution in [0.2, 0.25) is 0 Å². The predicted molar refractivity (Wildman–Crippen MR) is 95.2 cm³/mol. The van der Waals surface area contributed by atoms with Crippen molar-refractivity contribution >= 4 is 6.03 Å². The van der Waals surface area contributed by atoms with Crippen LogP contribution < -0.4 is 0 Å². The largest absolute Gasteiger partial charge is 0.323 e. The van der Waals surface area contributed by atoms with Gasteiger partial charge in [0.05, 0.1) is 6.04 Å². The minimum atomic E-state index is -0.538. The van der Waals surface area contributed by atoms with E-state index in [9.17, 15) is 13.6 Å². The summed E-state index contributed by atoms with van der Waals surface area (Å²) in [6.07, 6.45) is 5.10. The number of nitrogens with zero attached hydrogens (tertiary/aromatic N) is 6. The smallest absolute Gasteiger partial charge is 0.320 e. The van der Waals surface area contributed by atoms with Gasteiger partial charge < -0.3 is 9.80 Å². The summed E-state index contributed by atoms with van der Waals surface area (Å²) in [7, 11) is 0. The van der Waals surface area contributed by atoms with Crippen molar-refractivity contribution in [2.45, 2.75) is 31.7 Å². The van der Waals surface area contributed by atoms with Crippen LogP contribution in [-0.2, 0) is 6.42 Å². The quantitative estimate of drug-likeness (QED) is 0.809. The van der Waals surface area contributed by atoms with Gasteiger partial charge in [0.2, 0.25) is 0 Å². The zero-order valence-electron chi connectivity index (χ0n) is 15.5. The van der Waals surface area contributed by atoms with Crippen molar-refractivity contribution in [3.05, 3.63) is 41.7 Å². The number of urea groups is 1. The van der Waals surface area contributed by atoms with Crippen molar-refractivity contribution in [2.24, 2.45) is 11.3 Å². The third-order valence-corrected chi connectivity index (χ3v) is 6.46. The molecule has 0 bridgehead atoms. The summed E-state index contributed by atoms with van der Waals surface area (Å²) in [5.41, 5.74) is 0.783. The summed E-state index contributed by atoms with van der Waals surface area (Å²) in [5.74, 6) is -0.588. The van der Waals surface area contributed by atoms with Crippen molar-refractivity contribution in [1.82, 2.24) is 30.0 Å². The molecule has 1 saturated carbocycles. The normalized spacial score (nSPS) is 23.7. The first-order valence-corrected chi connectivity index (χ1v) is 9.72. The summed E-state index contributed by atoms with van der Waals surface area (Å²) in [5, 5.41) is 11.2. The SMILES string of the molecule is O=C(N1CC[C@H](n2cnnn2)C1)N1CC2(CC(Cc3ccc(F)cc3F)C2)C1. The molecule has 1 aromatic carbocycles. The molecule has 3 fully saturated rings. The molecule has 2 amide bonds. The predicted octanol–water partition coefficient (Wildman–Crippen LogP) is 2.27. The van der Waals surface area contributed by atoms with Crippen molar-refractivity contribution in [3.63, 3.8) is 0 Å². The fraction of sp³-hybridized carbons (Fsp3) is 0.579. The maximum Gasteiger partial charge on any atom is 0.320 e. The molecule has 28 heavy (non-hydrogen) atoms. The van der Waals surface area contributed by atoms with Crippen LogP contribution in [0, 0.1) is 23.0 Å². The van der Waals surface area contributed by atoms with Crippen LogP contribution in [0.1, 0.15) is 30.9 Å². The van der Waals surface area contributed by atoms with Crippen molar-refractivity contribution in [1.29, 1.82) is 0 Å². The van der Waals surface area contributed by atoms with Crippen LogP contribution in [0.3, 0.4) is 0 Å². The Kier molecular flexibility index (Phi) is 4.06. The lowest BCUT2D eigenvalue weighted by Crippen LogP contribution is -2.65. The van der Waals surface area contributed by atoms with Crippen LogP contribution in [0.25, 0.3) is 0 Å². The van der Waals surface area contributed by atoms with Crippen LogP contribution in [0.15, 0.2) is 24.5 Å². The molecule has 2 saturated heterocycles. The van der Waals surface area contributed by atoms with Gasteiger partial charge in [-0.3, -0.25) is 0 Å². The summed E-state index contributed by atoms with van der Waals surface area (Å²) in [6, 6.07) is 4.05. The number of carbonyl (C=O) groups excluding carboxylic acids is 1. The summed E-state index contributed by atoms with van der Waals surface area (Å²) >= 11 is 0. The van der Waals surface area contributed by atoms with Crippen molar-refractivity contribution < 1.29 is 13.6 Å². The molecule has 148 valence electrons. The minimum Gasteiger partial charge on any atom is -0.323 e. The fourth-order valence-corrected chi connectivity index (χ4v) is 5.13. The third kappa shape index (κ3) is 3.02. The molecule has 0 N–H and O–H groups in total. The van der Waals surface area contributed by atoms with E-state index in [1.807, 2.05) is 9.80 Å². The number of likely N-dealkylation sites (tertiary alicyclic amines) is 2. The van der Waals surface area contributed by atoms with Gasteiger partial charge in [0, 0.05) is 37.7 Å². The highest BCUT2D eigenvalue weighted by molar-refractivity contribution is 5.76. The highest BCUT2D eigenvalue weighted by Crippen LogP contribution is 2.53. The van der Waals surface area contributed by atoms with Gasteiger partial charge in [-0.25, -0.2) is 18.3 Å². The Morgan fingerprint density at radius 3 is 2.75 bits per heavy atom. The van der Waals surface area contributed by atoms with Gasteiger partial charge in [0.25, 0.3) is 0 Å². The molecule has 3 aliphatic rings. The number of halogens is 2. The highest BCUT2D eigenvalue weighted by Gasteiger charge is 2.54. The molecule has 7 nitrogen and oxygen atoms in total. The maximum atomic E-state index is 13.8. The van der Waals surface area contributed by atoms with Crippen molar-refractivity contribution in [3.8, 4) is 0 Å². The molecule has 9 heteroatoms. The number of amides is 2. The Morgan fingerprint density at radius 2 is 2.04 bits per heavy atom. The molecule has 1 aromatic heterocycles. The van der Waals surface area contributed by atoms with E-state index < -0.39 is 11.6 Å². The van der Waals surface area contributed by atoms with Crippen LogP contribution in [0.4, 0.5) is 13.6 Å². The average Bonchev–Trinajstić information content (AvgIpc) is 3.28. The van der Waals surface area contributed by atoms with Crippen LogP contribution >= 0.6 is 0 Å². The Bertz CT molecular complexity index is 875. The van der Waals surface area contributed by atoms with E-state index in [1.165, 1.54) is 6.07 Å². The lowest BCUT2D eigenvalue weighted by atomic mass is 9.56. The van der Waals surface area contributed by atoms with Crippen LogP contribution in [-0.4, -0.2) is 62.2 Å². The second kappa shape index (κ2) is 6.49. The topological polar surface area (TPSA) is 67.2 Å². The van der Waals surface area contributed by atoms with E-state index in [4.69, 9.17) is 0 Å². The molecule has 0 radical (unpaired) electrons. The van der Waals surface area contributed by atoms with Crippen LogP contribution in [0.5, 0.6) is 0 Å². The van der Waals surface area contributed by atoms with E-state index in [0.717, 1.165) is 45.0 Å². The van der Waals surface area contributed by atoms with Crippen molar-refractivity contribution in [2.75, 3.05) is 26.2 Å². The summed E-state index contributed by atoms with van der Waals surface area (Å²) in [6.45, 7) is 2.92. The molecule has 3 heterocycles. The average molecular weight is 388 g/mol. The Balaban J connectivity index is 1.10. The Morgan fingerprint density at radius 1 is 1.21 bits per heavy atom. The molecule has 5 rings (SSSR count). The molecule has 1 spiro atoms. The Labute approximate surface area is 161 Å². The van der Waals surface area contributed by atoms with Gasteiger partial charge >= 0.3 is 6.03 Å². The third-order valence-electron chi connectivity index (χ3n) is 6.46. The molecule has 2 aromatic rings. The summed E-state index contributed by atoms with van der Waals surface area (Å²) in [4.78, 5) is 16.5. The van der Waals surface area contributed by atoms with E-state index in [-0.39, 0.29) is 17.5 Å². The lowest BCUT2D eigenvalue weighted by molar-refractivity contribution is -0.0756. The lowest BCUT2D eigenvalue weighted by Gasteiger charge is -2.59. The fourth-order valence-electron chi connectivity index (χ4n) is 5.13. The second-order valence-corrected chi connectivity index (χ2v) is 8.53. The summed E-state index contributed by atoms with van der Waals surface area (Å²) < 4.78 is 28.6. The molecule has 2 aliphatic heterocycles. The van der Waals surface area contributed by atoms with Gasteiger partial charge in [-0.05, 0) is 53.7 Å². The molecular formula is C19H22F2N6O. The number of hydrogen-bond acceptors (Lipinski definition) is 4. The number of tetrazole rings is 1. The van der Waals surface area contributed by atoms with E-state index >= 15 is 0 Å². The number of hydrogen-bond donors (Lipinski definition) is 0. The number of benzene rings is 1. The molecule has 0 unspecified atom stereocenters. The number of carbonyl (C=O) groups is 1. The molecular weight excluding hydrogens is 366 g/mol. The van der Waals surface area contributed by atoms with Gasteiger partial charge in [-0.1, -0.05) is 6.07 Å². The number of aromatic nitrogens is 4. The zero-order chi connectivity index (χ0) is 19.3. The molecule has 1 atom stereocenters. The number of rotatable bonds is 3. The standard InChI is InChI=1S/C19H22F2N6O/c20-15-2-1-14(17(21)6-15)5-13-7-19(8-13)10-26(11-19)18(28)25-4-3-16(9-25)27-12-22-23-24-27/h1-2,6,12-13,16H,3-5,7-11H2/t16-/m0/s1. The van der Waals surface area contributed by atoms with Gasteiger partial charge in [0.1, 0.15) is 18.0 Å². The maximum absolute atomic E-state index is 13.8. The monoisotopic (exact) mass is 388 g/mol. The van der Waals surface area contributed by atoms with Gasteiger partial charge in [-0.2, -0.15) is 0 Å². The Hall–Kier alpha value is -2.58. The minimum absolute atomic E-state index is 0.0919. The van der Waals surface area contributed by atoms with Gasteiger partial charge in [0.15, 0.2) is 0 Å². The molecule has 1 aliphatic carbocycles. The zero-order valence-corrected chi connectivity index (χ0v) is 15.5. The van der Waals surface area contributed by atoms with E-state index in [0.29, 0.717) is 24.4 Å². The highest BCUT2D eigenvalue weighted by atomic mass is 19.1. The first-order chi connectivity index (χ1) is 13.5. The van der Waals surface area contributed by atoms with E-state index in [1.54, 1.807) is 17.1 Å². The second-order valence-electron chi connectivity index (χ2n) is 8.53. The van der Waals surface area contributed by atoms with Gasteiger partial charge in [-0.15, -0.1) is 5.10 Å².